The molecule has 0 aromatic heterocycles. The molecule has 1 rings (SSSR count). The second kappa shape index (κ2) is 9.36. The Morgan fingerprint density at radius 1 is 1.43 bits per heavy atom. The molecule has 0 aliphatic heterocycles. The van der Waals surface area contributed by atoms with E-state index < -0.39 is 12.0 Å². The summed E-state index contributed by atoms with van der Waals surface area (Å²) < 4.78 is 17.8. The van der Waals surface area contributed by atoms with Gasteiger partial charge in [0.1, 0.15) is 11.9 Å². The first-order chi connectivity index (χ1) is 10.0. The lowest BCUT2D eigenvalue weighted by molar-refractivity contribution is -0.142. The maximum atomic E-state index is 13.3. The molecular formula is C14H19FN2O3S. The summed E-state index contributed by atoms with van der Waals surface area (Å²) in [5.74, 6) is -0.171. The van der Waals surface area contributed by atoms with E-state index in [0.717, 1.165) is 0 Å². The Morgan fingerprint density at radius 2 is 2.14 bits per heavy atom. The smallest absolute Gasteiger partial charge is 0.322 e. The predicted molar refractivity (Wildman–Crippen MR) is 80.2 cm³/mol. The zero-order chi connectivity index (χ0) is 15.7. The molecule has 21 heavy (non-hydrogen) atoms. The van der Waals surface area contributed by atoms with Crippen LogP contribution in [0, 0.1) is 5.82 Å². The summed E-state index contributed by atoms with van der Waals surface area (Å²) in [7, 11) is 1.28. The number of carbonyl (C=O) groups excluding carboxylic acids is 2. The minimum absolute atomic E-state index is 0.160. The van der Waals surface area contributed by atoms with Gasteiger partial charge in [-0.2, -0.15) is 11.8 Å². The molecule has 0 fully saturated rings. The lowest BCUT2D eigenvalue weighted by Crippen LogP contribution is -2.32. The van der Waals surface area contributed by atoms with Crippen molar-refractivity contribution >= 4 is 23.6 Å². The van der Waals surface area contributed by atoms with Gasteiger partial charge in [-0.3, -0.25) is 9.59 Å². The van der Waals surface area contributed by atoms with E-state index in [1.165, 1.54) is 24.9 Å². The van der Waals surface area contributed by atoms with Crippen molar-refractivity contribution < 1.29 is 18.7 Å². The summed E-state index contributed by atoms with van der Waals surface area (Å²) in [6, 6.07) is 5.63. The molecule has 0 heterocycles. The number of hydrogen-bond donors (Lipinski definition) is 2. The van der Waals surface area contributed by atoms with Crippen molar-refractivity contribution in [1.82, 2.24) is 5.32 Å². The van der Waals surface area contributed by atoms with Crippen LogP contribution in [0.15, 0.2) is 24.3 Å². The van der Waals surface area contributed by atoms with Crippen LogP contribution >= 0.6 is 11.8 Å². The number of hydrogen-bond acceptors (Lipinski definition) is 5. The Morgan fingerprint density at radius 3 is 2.81 bits per heavy atom. The molecule has 5 nitrogen and oxygen atoms in total. The van der Waals surface area contributed by atoms with E-state index in [0.29, 0.717) is 17.7 Å². The molecule has 1 aromatic rings. The highest BCUT2D eigenvalue weighted by molar-refractivity contribution is 7.99. The molecule has 116 valence electrons. The number of halogens is 1. The van der Waals surface area contributed by atoms with Crippen LogP contribution < -0.4 is 11.1 Å². The average Bonchev–Trinajstić information content (AvgIpc) is 2.49. The minimum Gasteiger partial charge on any atom is -0.468 e. The van der Waals surface area contributed by atoms with E-state index in [2.05, 4.69) is 10.1 Å². The van der Waals surface area contributed by atoms with Crippen LogP contribution in [0.3, 0.4) is 0 Å². The molecule has 1 amide bonds. The average molecular weight is 314 g/mol. The summed E-state index contributed by atoms with van der Waals surface area (Å²) >= 11 is 1.36. The second-order valence-electron chi connectivity index (χ2n) is 4.34. The van der Waals surface area contributed by atoms with Gasteiger partial charge in [-0.05, 0) is 18.2 Å². The van der Waals surface area contributed by atoms with Gasteiger partial charge >= 0.3 is 5.97 Å². The van der Waals surface area contributed by atoms with Crippen molar-refractivity contribution in [2.75, 3.05) is 18.6 Å². The van der Waals surface area contributed by atoms with E-state index in [9.17, 15) is 14.0 Å². The van der Waals surface area contributed by atoms with E-state index in [1.54, 1.807) is 18.2 Å². The van der Waals surface area contributed by atoms with Crippen LogP contribution in [0.5, 0.6) is 0 Å². The number of esters is 1. The normalized spacial score (nSPS) is 11.8. The third kappa shape index (κ3) is 6.59. The highest BCUT2D eigenvalue weighted by Crippen LogP contribution is 2.07. The van der Waals surface area contributed by atoms with Gasteiger partial charge < -0.3 is 15.8 Å². The van der Waals surface area contributed by atoms with Gasteiger partial charge in [0.2, 0.25) is 5.91 Å². The number of rotatable bonds is 8. The van der Waals surface area contributed by atoms with Crippen LogP contribution in [-0.2, 0) is 20.9 Å². The van der Waals surface area contributed by atoms with Crippen LogP contribution in [0.2, 0.25) is 0 Å². The SMILES string of the molecule is COC(=O)C(N)CCSCC(=O)NCc1ccccc1F. The zero-order valence-corrected chi connectivity index (χ0v) is 12.6. The Bertz CT molecular complexity index is 485. The maximum Gasteiger partial charge on any atom is 0.322 e. The third-order valence-corrected chi connectivity index (χ3v) is 3.73. The molecule has 1 aromatic carbocycles. The van der Waals surface area contributed by atoms with Gasteiger partial charge in [0.15, 0.2) is 0 Å². The molecule has 1 atom stereocenters. The fourth-order valence-electron chi connectivity index (χ4n) is 1.53. The first-order valence-corrected chi connectivity index (χ1v) is 7.61. The lowest BCUT2D eigenvalue weighted by atomic mass is 10.2. The number of methoxy groups -OCH3 is 1. The number of carbonyl (C=O) groups is 2. The third-order valence-electron chi connectivity index (χ3n) is 2.74. The summed E-state index contributed by atoms with van der Waals surface area (Å²) in [4.78, 5) is 22.6. The van der Waals surface area contributed by atoms with Crippen LogP contribution in [0.25, 0.3) is 0 Å². The molecule has 3 N–H and O–H groups in total. The predicted octanol–water partition coefficient (Wildman–Crippen LogP) is 1.07. The number of ether oxygens (including phenoxy) is 1. The van der Waals surface area contributed by atoms with Gasteiger partial charge in [-0.1, -0.05) is 18.2 Å². The number of thioether (sulfide) groups is 1. The van der Waals surface area contributed by atoms with E-state index in [-0.39, 0.29) is 24.0 Å². The molecule has 0 saturated carbocycles. The van der Waals surface area contributed by atoms with Crippen LogP contribution in [0.4, 0.5) is 4.39 Å². The van der Waals surface area contributed by atoms with Crippen molar-refractivity contribution in [3.63, 3.8) is 0 Å². The van der Waals surface area contributed by atoms with Gasteiger partial charge in [0.25, 0.3) is 0 Å². The van der Waals surface area contributed by atoms with Gasteiger partial charge in [0, 0.05) is 12.1 Å². The molecule has 0 aliphatic rings. The zero-order valence-electron chi connectivity index (χ0n) is 11.8. The quantitative estimate of drug-likeness (QED) is 0.554. The molecule has 1 unspecified atom stereocenters. The topological polar surface area (TPSA) is 81.4 Å². The van der Waals surface area contributed by atoms with E-state index >= 15 is 0 Å². The summed E-state index contributed by atoms with van der Waals surface area (Å²) in [6.45, 7) is 0.160. The highest BCUT2D eigenvalue weighted by atomic mass is 32.2. The fraction of sp³-hybridized carbons (Fsp3) is 0.429. The number of nitrogens with two attached hydrogens (primary N) is 1. The summed E-state index contributed by atoms with van der Waals surface area (Å²) in [6.07, 6.45) is 0.442. The first-order valence-electron chi connectivity index (χ1n) is 6.46. The van der Waals surface area contributed by atoms with E-state index in [4.69, 9.17) is 5.73 Å². The van der Waals surface area contributed by atoms with Crippen molar-refractivity contribution in [2.45, 2.75) is 19.0 Å². The molecule has 0 aliphatic carbocycles. The monoisotopic (exact) mass is 314 g/mol. The molecule has 0 saturated heterocycles. The Balaban J connectivity index is 2.17. The second-order valence-corrected chi connectivity index (χ2v) is 5.44. The fourth-order valence-corrected chi connectivity index (χ4v) is 2.38. The van der Waals surface area contributed by atoms with Crippen molar-refractivity contribution in [3.05, 3.63) is 35.6 Å². The number of benzene rings is 1. The lowest BCUT2D eigenvalue weighted by Gasteiger charge is -2.09. The Kier molecular flexibility index (Phi) is 7.78. The molecule has 0 spiro atoms. The van der Waals surface area contributed by atoms with Crippen LogP contribution in [0.1, 0.15) is 12.0 Å². The van der Waals surface area contributed by atoms with Gasteiger partial charge in [0.05, 0.1) is 12.9 Å². The maximum absolute atomic E-state index is 13.3. The largest absolute Gasteiger partial charge is 0.468 e. The Labute approximate surface area is 127 Å². The molecule has 7 heteroatoms. The molecule has 0 radical (unpaired) electrons. The number of amides is 1. The molecular weight excluding hydrogens is 295 g/mol. The molecule has 0 bridgehead atoms. The standard InChI is InChI=1S/C14H19FN2O3S/c1-20-14(19)12(16)6-7-21-9-13(18)17-8-10-4-2-3-5-11(10)15/h2-5,12H,6-9,16H2,1H3,(H,17,18). The van der Waals surface area contributed by atoms with Crippen molar-refractivity contribution in [2.24, 2.45) is 5.73 Å². The summed E-state index contributed by atoms with van der Waals surface area (Å²) in [5, 5.41) is 2.64. The Hall–Kier alpha value is -1.60. The van der Waals surface area contributed by atoms with Gasteiger partial charge in [-0.25, -0.2) is 4.39 Å². The van der Waals surface area contributed by atoms with Gasteiger partial charge in [-0.15, -0.1) is 0 Å². The summed E-state index contributed by atoms with van der Waals surface area (Å²) in [5.41, 5.74) is 6.01. The number of nitrogens with one attached hydrogen (secondary N) is 1. The van der Waals surface area contributed by atoms with Crippen molar-refractivity contribution in [3.8, 4) is 0 Å². The van der Waals surface area contributed by atoms with Crippen molar-refractivity contribution in [1.29, 1.82) is 0 Å². The first kappa shape index (κ1) is 17.5. The minimum atomic E-state index is -0.663. The highest BCUT2D eigenvalue weighted by Gasteiger charge is 2.13. The van der Waals surface area contributed by atoms with E-state index in [1.807, 2.05) is 0 Å². The van der Waals surface area contributed by atoms with Crippen LogP contribution in [-0.4, -0.2) is 36.5 Å².